The Morgan fingerprint density at radius 2 is 2.24 bits per heavy atom. The van der Waals surface area contributed by atoms with Gasteiger partial charge in [-0.25, -0.2) is 0 Å². The Hall–Kier alpha value is -1.89. The number of aryl methyl sites for hydroxylation is 2. The molecule has 0 saturated carbocycles. The Balaban J connectivity index is 1.98. The quantitative estimate of drug-likeness (QED) is 0.857. The molecule has 1 unspecified atom stereocenters. The van der Waals surface area contributed by atoms with Crippen molar-refractivity contribution in [2.75, 3.05) is 0 Å². The van der Waals surface area contributed by atoms with Crippen molar-refractivity contribution in [1.82, 2.24) is 15.1 Å². The van der Waals surface area contributed by atoms with Crippen LogP contribution in [-0.4, -0.2) is 32.8 Å². The summed E-state index contributed by atoms with van der Waals surface area (Å²) in [7, 11) is 1.86. The topological polar surface area (TPSA) is 84.2 Å². The van der Waals surface area contributed by atoms with Crippen LogP contribution in [-0.2, 0) is 11.8 Å². The van der Waals surface area contributed by atoms with Gasteiger partial charge in [-0.2, -0.15) is 5.10 Å². The molecule has 0 aliphatic carbocycles. The number of nitrogens with one attached hydrogen (secondary N) is 1. The Morgan fingerprint density at radius 3 is 2.86 bits per heavy atom. The van der Waals surface area contributed by atoms with Gasteiger partial charge in [0.25, 0.3) is 5.91 Å². The molecule has 7 heteroatoms. The lowest BCUT2D eigenvalue weighted by Crippen LogP contribution is -2.32. The molecule has 0 spiro atoms. The fourth-order valence-corrected chi connectivity index (χ4v) is 3.27. The van der Waals surface area contributed by atoms with Crippen molar-refractivity contribution >= 4 is 33.4 Å². The van der Waals surface area contributed by atoms with Gasteiger partial charge in [0.05, 0.1) is 10.6 Å². The maximum Gasteiger partial charge on any atom is 0.303 e. The zero-order valence-corrected chi connectivity index (χ0v) is 13.2. The minimum atomic E-state index is -0.805. The second-order valence-electron chi connectivity index (χ2n) is 5.20. The van der Waals surface area contributed by atoms with E-state index in [2.05, 4.69) is 10.4 Å². The van der Waals surface area contributed by atoms with Crippen molar-refractivity contribution in [3.63, 3.8) is 0 Å². The fourth-order valence-electron chi connectivity index (χ4n) is 2.24. The summed E-state index contributed by atoms with van der Waals surface area (Å²) in [6.07, 6.45) is 1.35. The molecular formula is C14H19N3O3S. The molecule has 2 heterocycles. The van der Waals surface area contributed by atoms with Gasteiger partial charge in [-0.3, -0.25) is 14.3 Å². The summed E-state index contributed by atoms with van der Waals surface area (Å²) in [5, 5.41) is 16.8. The molecule has 21 heavy (non-hydrogen) atoms. The number of nitrogens with zero attached hydrogens (tertiary/aromatic N) is 2. The minimum Gasteiger partial charge on any atom is -0.481 e. The number of fused-ring (bicyclic) bond motifs is 1. The van der Waals surface area contributed by atoms with Crippen LogP contribution in [0.2, 0.25) is 0 Å². The molecule has 0 bridgehead atoms. The molecule has 0 aromatic carbocycles. The molecule has 6 nitrogen and oxygen atoms in total. The third kappa shape index (κ3) is 3.60. The number of aromatic nitrogens is 2. The average molecular weight is 309 g/mol. The van der Waals surface area contributed by atoms with E-state index in [0.717, 1.165) is 15.9 Å². The smallest absolute Gasteiger partial charge is 0.303 e. The molecule has 0 fully saturated rings. The van der Waals surface area contributed by atoms with E-state index in [1.165, 1.54) is 11.3 Å². The normalized spacial score (nSPS) is 12.5. The fraction of sp³-hybridized carbons (Fsp3) is 0.500. The van der Waals surface area contributed by atoms with Gasteiger partial charge in [0.1, 0.15) is 4.83 Å². The van der Waals surface area contributed by atoms with Gasteiger partial charge >= 0.3 is 5.97 Å². The van der Waals surface area contributed by atoms with Gasteiger partial charge in [-0.05, 0) is 32.8 Å². The Labute approximate surface area is 126 Å². The predicted molar refractivity (Wildman–Crippen MR) is 81.7 cm³/mol. The molecule has 0 saturated heterocycles. The molecule has 2 N–H and O–H groups in total. The van der Waals surface area contributed by atoms with Crippen LogP contribution in [0.15, 0.2) is 6.07 Å². The zero-order chi connectivity index (χ0) is 15.6. The van der Waals surface area contributed by atoms with Crippen LogP contribution in [0, 0.1) is 6.92 Å². The highest BCUT2D eigenvalue weighted by molar-refractivity contribution is 7.20. The highest BCUT2D eigenvalue weighted by atomic mass is 32.1. The van der Waals surface area contributed by atoms with Crippen molar-refractivity contribution in [2.45, 2.75) is 39.2 Å². The number of carbonyl (C=O) groups excluding carboxylic acids is 1. The molecule has 0 aliphatic rings. The largest absolute Gasteiger partial charge is 0.481 e. The maximum absolute atomic E-state index is 12.2. The standard InChI is InChI=1S/C14H19N3O3S/c1-8(5-4-6-12(18)19)15-13(20)11-7-10-9(2)16-17(3)14(10)21-11/h7-8H,4-6H2,1-3H3,(H,15,20)(H,18,19). The number of hydrogen-bond acceptors (Lipinski definition) is 4. The molecule has 0 radical (unpaired) electrons. The van der Waals surface area contributed by atoms with Gasteiger partial charge in [-0.15, -0.1) is 11.3 Å². The van der Waals surface area contributed by atoms with E-state index in [9.17, 15) is 9.59 Å². The van der Waals surface area contributed by atoms with Crippen LogP contribution in [0.5, 0.6) is 0 Å². The number of amides is 1. The second-order valence-corrected chi connectivity index (χ2v) is 6.23. The van der Waals surface area contributed by atoms with E-state index in [1.54, 1.807) is 4.68 Å². The molecule has 2 aromatic rings. The number of rotatable bonds is 6. The van der Waals surface area contributed by atoms with Gasteiger partial charge in [-0.1, -0.05) is 0 Å². The Morgan fingerprint density at radius 1 is 1.52 bits per heavy atom. The molecule has 2 aromatic heterocycles. The first kappa shape index (κ1) is 15.5. The van der Waals surface area contributed by atoms with Crippen LogP contribution < -0.4 is 5.32 Å². The molecule has 0 aliphatic heterocycles. The van der Waals surface area contributed by atoms with Crippen LogP contribution >= 0.6 is 11.3 Å². The van der Waals surface area contributed by atoms with E-state index in [-0.39, 0.29) is 18.4 Å². The summed E-state index contributed by atoms with van der Waals surface area (Å²) in [6, 6.07) is 1.82. The van der Waals surface area contributed by atoms with Crippen LogP contribution in [0.25, 0.3) is 10.2 Å². The lowest BCUT2D eigenvalue weighted by molar-refractivity contribution is -0.137. The first-order chi connectivity index (χ1) is 9.88. The van der Waals surface area contributed by atoms with Crippen LogP contribution in [0.1, 0.15) is 41.6 Å². The number of carbonyl (C=O) groups is 2. The molecular weight excluding hydrogens is 290 g/mol. The van der Waals surface area contributed by atoms with E-state index in [0.29, 0.717) is 17.7 Å². The molecule has 1 atom stereocenters. The van der Waals surface area contributed by atoms with Gasteiger partial charge < -0.3 is 10.4 Å². The summed E-state index contributed by atoms with van der Waals surface area (Å²) in [5.74, 6) is -0.917. The number of carboxylic acid groups (broad SMARTS) is 1. The van der Waals surface area contributed by atoms with E-state index in [4.69, 9.17) is 5.11 Å². The van der Waals surface area contributed by atoms with E-state index in [1.807, 2.05) is 27.0 Å². The summed E-state index contributed by atoms with van der Waals surface area (Å²) >= 11 is 1.42. The van der Waals surface area contributed by atoms with E-state index >= 15 is 0 Å². The zero-order valence-electron chi connectivity index (χ0n) is 12.3. The van der Waals surface area contributed by atoms with Crippen LogP contribution in [0.4, 0.5) is 0 Å². The lowest BCUT2D eigenvalue weighted by atomic mass is 10.1. The summed E-state index contributed by atoms with van der Waals surface area (Å²) in [4.78, 5) is 24.3. The van der Waals surface area contributed by atoms with Crippen molar-refractivity contribution in [3.05, 3.63) is 16.6 Å². The SMILES string of the molecule is Cc1nn(C)c2sc(C(=O)NC(C)CCCC(=O)O)cc12. The second kappa shape index (κ2) is 6.26. The van der Waals surface area contributed by atoms with Crippen LogP contribution in [0.3, 0.4) is 0 Å². The number of carboxylic acids is 1. The van der Waals surface area contributed by atoms with E-state index < -0.39 is 5.97 Å². The highest BCUT2D eigenvalue weighted by Gasteiger charge is 2.16. The minimum absolute atomic E-state index is 0.0405. The number of thiophene rings is 1. The predicted octanol–water partition coefficient (Wildman–Crippen LogP) is 2.32. The maximum atomic E-state index is 12.2. The van der Waals surface area contributed by atoms with Crippen molar-refractivity contribution < 1.29 is 14.7 Å². The summed E-state index contributed by atoms with van der Waals surface area (Å²) in [5.41, 5.74) is 0.914. The number of aliphatic carboxylic acids is 1. The Kier molecular flexibility index (Phi) is 4.62. The summed E-state index contributed by atoms with van der Waals surface area (Å²) in [6.45, 7) is 3.81. The molecule has 2 rings (SSSR count). The monoisotopic (exact) mass is 309 g/mol. The first-order valence-electron chi connectivity index (χ1n) is 6.84. The van der Waals surface area contributed by atoms with Gasteiger partial charge in [0.15, 0.2) is 0 Å². The third-order valence-corrected chi connectivity index (χ3v) is 4.53. The molecule has 1 amide bonds. The summed E-state index contributed by atoms with van der Waals surface area (Å²) < 4.78 is 1.78. The Bertz CT molecular complexity index is 640. The highest BCUT2D eigenvalue weighted by Crippen LogP contribution is 2.27. The lowest BCUT2D eigenvalue weighted by Gasteiger charge is -2.12. The van der Waals surface area contributed by atoms with Crippen molar-refractivity contribution in [2.24, 2.45) is 7.05 Å². The van der Waals surface area contributed by atoms with Gasteiger partial charge in [0, 0.05) is 24.9 Å². The average Bonchev–Trinajstić information content (AvgIpc) is 2.92. The third-order valence-electron chi connectivity index (χ3n) is 3.33. The number of hydrogen-bond donors (Lipinski definition) is 2. The van der Waals surface area contributed by atoms with Gasteiger partial charge in [0.2, 0.25) is 0 Å². The first-order valence-corrected chi connectivity index (χ1v) is 7.66. The molecule has 114 valence electrons. The van der Waals surface area contributed by atoms with Crippen molar-refractivity contribution in [1.29, 1.82) is 0 Å². The van der Waals surface area contributed by atoms with Crippen molar-refractivity contribution in [3.8, 4) is 0 Å².